The fraction of sp³-hybridized carbons (Fsp3) is 0.273. The van der Waals surface area contributed by atoms with E-state index in [-0.39, 0.29) is 11.5 Å². The predicted octanol–water partition coefficient (Wildman–Crippen LogP) is 0.542. The number of hydrogen-bond acceptors (Lipinski definition) is 6. The molecule has 0 aliphatic heterocycles. The number of carbonyl (C=O) groups is 2. The molecule has 1 aromatic rings. The molecule has 1 aromatic carbocycles. The van der Waals surface area contributed by atoms with Crippen LogP contribution in [0.25, 0.3) is 0 Å². The smallest absolute Gasteiger partial charge is 0.379 e. The molecule has 7 heteroatoms. The van der Waals surface area contributed by atoms with Crippen LogP contribution in [-0.4, -0.2) is 38.1 Å². The fourth-order valence-corrected chi connectivity index (χ4v) is 1.88. The summed E-state index contributed by atoms with van der Waals surface area (Å²) in [5, 5.41) is 9.46. The van der Waals surface area contributed by atoms with Gasteiger partial charge in [-0.25, -0.2) is 13.2 Å². The van der Waals surface area contributed by atoms with Crippen molar-refractivity contribution in [2.24, 2.45) is 0 Å². The number of benzene rings is 1. The van der Waals surface area contributed by atoms with Crippen LogP contribution in [0.1, 0.15) is 17.3 Å². The van der Waals surface area contributed by atoms with Crippen molar-refractivity contribution in [3.63, 3.8) is 0 Å². The standard InChI is InChI=1S/C11H12O6S/c1-3-17-11(14)10(13)8-6-7(18(2,15)16)4-5-9(8)12/h4-6,12H,3H2,1-2H3. The highest BCUT2D eigenvalue weighted by molar-refractivity contribution is 7.90. The molecule has 0 heterocycles. The molecule has 0 aliphatic rings. The fourth-order valence-electron chi connectivity index (χ4n) is 1.23. The molecule has 0 fully saturated rings. The van der Waals surface area contributed by atoms with Crippen LogP contribution >= 0.6 is 0 Å². The molecule has 18 heavy (non-hydrogen) atoms. The summed E-state index contributed by atoms with van der Waals surface area (Å²) >= 11 is 0. The zero-order valence-electron chi connectivity index (χ0n) is 9.84. The van der Waals surface area contributed by atoms with Crippen molar-refractivity contribution in [1.82, 2.24) is 0 Å². The maximum absolute atomic E-state index is 11.6. The molecule has 0 radical (unpaired) electrons. The molecule has 0 unspecified atom stereocenters. The van der Waals surface area contributed by atoms with Crippen LogP contribution in [0.3, 0.4) is 0 Å². The van der Waals surface area contributed by atoms with Crippen LogP contribution in [0.2, 0.25) is 0 Å². The number of esters is 1. The first-order valence-corrected chi connectivity index (χ1v) is 6.91. The van der Waals surface area contributed by atoms with Gasteiger partial charge in [0.05, 0.1) is 17.1 Å². The highest BCUT2D eigenvalue weighted by Gasteiger charge is 2.22. The lowest BCUT2D eigenvalue weighted by molar-refractivity contribution is -0.137. The normalized spacial score (nSPS) is 11.0. The number of rotatable bonds is 4. The summed E-state index contributed by atoms with van der Waals surface area (Å²) in [6.45, 7) is 1.54. The van der Waals surface area contributed by atoms with Crippen LogP contribution in [0.15, 0.2) is 23.1 Å². The van der Waals surface area contributed by atoms with Crippen molar-refractivity contribution in [2.45, 2.75) is 11.8 Å². The molecule has 0 atom stereocenters. The lowest BCUT2D eigenvalue weighted by Crippen LogP contribution is -2.18. The Balaban J connectivity index is 3.24. The Morgan fingerprint density at radius 3 is 2.44 bits per heavy atom. The van der Waals surface area contributed by atoms with Crippen molar-refractivity contribution in [3.8, 4) is 5.75 Å². The second-order valence-corrected chi connectivity index (χ2v) is 5.52. The lowest BCUT2D eigenvalue weighted by Gasteiger charge is -2.05. The van der Waals surface area contributed by atoms with Gasteiger partial charge in [0, 0.05) is 6.26 Å². The Labute approximate surface area is 104 Å². The molecule has 1 N–H and O–H groups in total. The van der Waals surface area contributed by atoms with Gasteiger partial charge in [-0.2, -0.15) is 0 Å². The maximum Gasteiger partial charge on any atom is 0.379 e. The number of phenols is 1. The van der Waals surface area contributed by atoms with Crippen LogP contribution < -0.4 is 0 Å². The number of aromatic hydroxyl groups is 1. The zero-order chi connectivity index (χ0) is 13.9. The minimum Gasteiger partial charge on any atom is -0.507 e. The molecule has 0 aliphatic carbocycles. The van der Waals surface area contributed by atoms with E-state index >= 15 is 0 Å². The highest BCUT2D eigenvalue weighted by Crippen LogP contribution is 2.22. The van der Waals surface area contributed by atoms with E-state index in [2.05, 4.69) is 4.74 Å². The maximum atomic E-state index is 11.6. The van der Waals surface area contributed by atoms with Gasteiger partial charge in [-0.1, -0.05) is 0 Å². The largest absolute Gasteiger partial charge is 0.507 e. The Morgan fingerprint density at radius 1 is 1.33 bits per heavy atom. The van der Waals surface area contributed by atoms with Crippen LogP contribution in [-0.2, 0) is 19.4 Å². The number of hydrogen-bond donors (Lipinski definition) is 1. The van der Waals surface area contributed by atoms with Crippen LogP contribution in [0.5, 0.6) is 5.75 Å². The molecule has 0 bridgehead atoms. The van der Waals surface area contributed by atoms with Crippen LogP contribution in [0.4, 0.5) is 0 Å². The van der Waals surface area contributed by atoms with Crippen molar-refractivity contribution < 1.29 is 27.9 Å². The molecular weight excluding hydrogens is 260 g/mol. The van der Waals surface area contributed by atoms with Gasteiger partial charge in [-0.15, -0.1) is 0 Å². The van der Waals surface area contributed by atoms with Gasteiger partial charge in [0.1, 0.15) is 5.75 Å². The Morgan fingerprint density at radius 2 is 1.94 bits per heavy atom. The summed E-state index contributed by atoms with van der Waals surface area (Å²) in [6.07, 6.45) is 0.956. The predicted molar refractivity (Wildman–Crippen MR) is 62.2 cm³/mol. The summed E-state index contributed by atoms with van der Waals surface area (Å²) in [4.78, 5) is 22.7. The minimum absolute atomic E-state index is 0.0110. The van der Waals surface area contributed by atoms with Gasteiger partial charge in [0.2, 0.25) is 0 Å². The topological polar surface area (TPSA) is 97.7 Å². The average Bonchev–Trinajstić information content (AvgIpc) is 2.27. The Hall–Kier alpha value is -1.89. The molecule has 0 aromatic heterocycles. The zero-order valence-corrected chi connectivity index (χ0v) is 10.7. The number of sulfone groups is 1. The van der Waals surface area contributed by atoms with Crippen molar-refractivity contribution >= 4 is 21.6 Å². The summed E-state index contributed by atoms with van der Waals surface area (Å²) in [6, 6.07) is 3.14. The van der Waals surface area contributed by atoms with E-state index in [4.69, 9.17) is 0 Å². The summed E-state index contributed by atoms with van der Waals surface area (Å²) in [5.74, 6) is -2.70. The molecule has 6 nitrogen and oxygen atoms in total. The van der Waals surface area contributed by atoms with Gasteiger partial charge < -0.3 is 9.84 Å². The molecule has 0 spiro atoms. The van der Waals surface area contributed by atoms with E-state index in [0.29, 0.717) is 0 Å². The van der Waals surface area contributed by atoms with Gasteiger partial charge in [0.25, 0.3) is 5.78 Å². The third kappa shape index (κ3) is 3.07. The quantitative estimate of drug-likeness (QED) is 0.488. The van der Waals surface area contributed by atoms with Crippen LogP contribution in [0, 0.1) is 0 Å². The number of ether oxygens (including phenoxy) is 1. The summed E-state index contributed by atoms with van der Waals surface area (Å²) < 4.78 is 27.1. The number of carbonyl (C=O) groups excluding carboxylic acids is 2. The minimum atomic E-state index is -3.53. The van der Waals surface area contributed by atoms with E-state index in [0.717, 1.165) is 24.5 Å². The second kappa shape index (κ2) is 5.18. The molecular formula is C11H12O6S. The van der Waals surface area contributed by atoms with E-state index < -0.39 is 32.9 Å². The van der Waals surface area contributed by atoms with E-state index in [9.17, 15) is 23.1 Å². The Bertz CT molecular complexity index is 588. The number of ketones is 1. The SMILES string of the molecule is CCOC(=O)C(=O)c1cc(S(C)(=O)=O)ccc1O. The van der Waals surface area contributed by atoms with Gasteiger partial charge in [0.15, 0.2) is 9.84 Å². The number of Topliss-reactive ketones (excluding diaryl/α,β-unsaturated/α-hetero) is 1. The van der Waals surface area contributed by atoms with Gasteiger partial charge in [-0.3, -0.25) is 4.79 Å². The third-order valence-corrected chi connectivity index (χ3v) is 3.21. The summed E-state index contributed by atoms with van der Waals surface area (Å²) in [5.41, 5.74) is -0.392. The van der Waals surface area contributed by atoms with Gasteiger partial charge in [-0.05, 0) is 25.1 Å². The van der Waals surface area contributed by atoms with E-state index in [1.807, 2.05) is 0 Å². The average molecular weight is 272 g/mol. The molecule has 0 saturated carbocycles. The number of phenolic OH excluding ortho intramolecular Hbond substituents is 1. The second-order valence-electron chi connectivity index (χ2n) is 3.50. The van der Waals surface area contributed by atoms with Crippen molar-refractivity contribution in [1.29, 1.82) is 0 Å². The van der Waals surface area contributed by atoms with Crippen molar-refractivity contribution in [3.05, 3.63) is 23.8 Å². The summed E-state index contributed by atoms with van der Waals surface area (Å²) in [7, 11) is -3.53. The highest BCUT2D eigenvalue weighted by atomic mass is 32.2. The van der Waals surface area contributed by atoms with E-state index in [1.54, 1.807) is 0 Å². The molecule has 0 saturated heterocycles. The first-order valence-electron chi connectivity index (χ1n) is 5.02. The van der Waals surface area contributed by atoms with E-state index in [1.165, 1.54) is 6.92 Å². The molecule has 1 rings (SSSR count). The third-order valence-electron chi connectivity index (χ3n) is 2.10. The first-order chi connectivity index (χ1) is 8.27. The first kappa shape index (κ1) is 14.2. The lowest BCUT2D eigenvalue weighted by atomic mass is 10.1. The molecule has 98 valence electrons. The Kier molecular flexibility index (Phi) is 4.07. The van der Waals surface area contributed by atoms with Gasteiger partial charge >= 0.3 is 5.97 Å². The van der Waals surface area contributed by atoms with Crippen molar-refractivity contribution in [2.75, 3.05) is 12.9 Å². The monoisotopic (exact) mass is 272 g/mol. The molecule has 0 amide bonds.